The average molecular weight is 348 g/mol. The first-order chi connectivity index (χ1) is 12.1. The molecule has 1 aromatic rings. The molecule has 2 fully saturated rings. The highest BCUT2D eigenvalue weighted by molar-refractivity contribution is 5.89. The molecule has 2 aliphatic heterocycles. The fourth-order valence-electron chi connectivity index (χ4n) is 3.16. The first kappa shape index (κ1) is 17.4. The lowest BCUT2D eigenvalue weighted by atomic mass is 10.0. The Morgan fingerprint density at radius 2 is 1.80 bits per heavy atom. The number of nitrogens with one attached hydrogen (secondary N) is 1. The molecule has 25 heavy (non-hydrogen) atoms. The molecule has 2 saturated heterocycles. The fraction of sp³-hybridized carbons (Fsp3) is 0.471. The third-order valence-corrected chi connectivity index (χ3v) is 4.34. The van der Waals surface area contributed by atoms with E-state index in [0.717, 1.165) is 5.56 Å². The first-order valence-electron chi connectivity index (χ1n) is 8.16. The number of carboxylic acid groups (broad SMARTS) is 1. The number of rotatable bonds is 3. The van der Waals surface area contributed by atoms with Crippen LogP contribution in [0.3, 0.4) is 0 Å². The molecule has 2 N–H and O–H groups in total. The summed E-state index contributed by atoms with van der Waals surface area (Å²) in [7, 11) is 0. The molecule has 0 radical (unpaired) electrons. The van der Waals surface area contributed by atoms with E-state index >= 15 is 0 Å². The van der Waals surface area contributed by atoms with Crippen LogP contribution in [-0.2, 0) is 23.9 Å². The molecule has 3 atom stereocenters. The van der Waals surface area contributed by atoms with Crippen molar-refractivity contribution in [3.8, 4) is 0 Å². The Balaban J connectivity index is 1.89. The van der Waals surface area contributed by atoms with Crippen molar-refractivity contribution in [3.05, 3.63) is 35.9 Å². The lowest BCUT2D eigenvalue weighted by Gasteiger charge is -2.35. The number of benzene rings is 1. The third kappa shape index (κ3) is 3.80. The van der Waals surface area contributed by atoms with Crippen molar-refractivity contribution in [2.24, 2.45) is 0 Å². The van der Waals surface area contributed by atoms with Crippen molar-refractivity contribution in [1.82, 2.24) is 10.2 Å². The normalized spacial score (nSPS) is 27.3. The Bertz CT molecular complexity index is 650. The maximum absolute atomic E-state index is 13.0. The van der Waals surface area contributed by atoms with Crippen molar-refractivity contribution in [2.45, 2.75) is 24.7 Å². The Hall–Kier alpha value is -2.45. The molecule has 0 aliphatic carbocycles. The fourth-order valence-corrected chi connectivity index (χ4v) is 3.16. The molecule has 1 unspecified atom stereocenters. The lowest BCUT2D eigenvalue weighted by Crippen LogP contribution is -2.54. The number of carbonyl (C=O) groups excluding carboxylic acids is 2. The number of carboxylic acids is 1. The van der Waals surface area contributed by atoms with Crippen molar-refractivity contribution in [1.29, 1.82) is 0 Å². The van der Waals surface area contributed by atoms with E-state index in [1.807, 2.05) is 30.3 Å². The molecule has 0 saturated carbocycles. The van der Waals surface area contributed by atoms with Crippen LogP contribution in [0, 0.1) is 0 Å². The van der Waals surface area contributed by atoms with Crippen LogP contribution in [0.4, 0.5) is 0 Å². The van der Waals surface area contributed by atoms with Gasteiger partial charge in [-0.15, -0.1) is 0 Å². The van der Waals surface area contributed by atoms with Gasteiger partial charge in [-0.1, -0.05) is 30.3 Å². The molecular formula is C17H20N2O6. The van der Waals surface area contributed by atoms with E-state index < -0.39 is 30.1 Å². The van der Waals surface area contributed by atoms with Crippen LogP contribution < -0.4 is 5.32 Å². The maximum atomic E-state index is 13.0. The van der Waals surface area contributed by atoms with Crippen LogP contribution in [0.5, 0.6) is 0 Å². The topological polar surface area (TPSA) is 105 Å². The molecule has 2 heterocycles. The number of carbonyl (C=O) groups is 3. The van der Waals surface area contributed by atoms with Gasteiger partial charge in [-0.25, -0.2) is 4.79 Å². The van der Waals surface area contributed by atoms with Gasteiger partial charge >= 0.3 is 5.97 Å². The quantitative estimate of drug-likeness (QED) is 0.793. The molecule has 1 aromatic carbocycles. The first-order valence-corrected chi connectivity index (χ1v) is 8.16. The third-order valence-electron chi connectivity index (χ3n) is 4.34. The molecule has 8 nitrogen and oxygen atoms in total. The second-order valence-electron chi connectivity index (χ2n) is 5.93. The van der Waals surface area contributed by atoms with Crippen LogP contribution in [0.2, 0.25) is 0 Å². The van der Waals surface area contributed by atoms with Gasteiger partial charge in [0, 0.05) is 13.1 Å². The second-order valence-corrected chi connectivity index (χ2v) is 5.93. The van der Waals surface area contributed by atoms with Crippen molar-refractivity contribution in [3.63, 3.8) is 0 Å². The van der Waals surface area contributed by atoms with E-state index in [-0.39, 0.29) is 32.1 Å². The SMILES string of the molecule is O=C1CC(c2ccccc2)N(C(=O)[C@H]2OCCO[C@H]2C(=O)O)CCN1. The molecular weight excluding hydrogens is 328 g/mol. The highest BCUT2D eigenvalue weighted by atomic mass is 16.6. The molecule has 2 aliphatic rings. The van der Waals surface area contributed by atoms with Gasteiger partial charge in [0.25, 0.3) is 5.91 Å². The highest BCUT2D eigenvalue weighted by Crippen LogP contribution is 2.28. The van der Waals surface area contributed by atoms with E-state index in [9.17, 15) is 19.5 Å². The Labute approximate surface area is 144 Å². The van der Waals surface area contributed by atoms with Crippen LogP contribution in [0.15, 0.2) is 30.3 Å². The minimum absolute atomic E-state index is 0.112. The summed E-state index contributed by atoms with van der Waals surface area (Å²) >= 11 is 0. The van der Waals surface area contributed by atoms with E-state index in [1.54, 1.807) is 0 Å². The van der Waals surface area contributed by atoms with Gasteiger partial charge in [0.05, 0.1) is 25.7 Å². The van der Waals surface area contributed by atoms with E-state index in [2.05, 4.69) is 5.32 Å². The predicted octanol–water partition coefficient (Wildman–Crippen LogP) is -0.0552. The van der Waals surface area contributed by atoms with Crippen molar-refractivity contribution < 1.29 is 29.0 Å². The van der Waals surface area contributed by atoms with E-state index in [0.29, 0.717) is 6.54 Å². The van der Waals surface area contributed by atoms with Gasteiger partial charge in [-0.3, -0.25) is 9.59 Å². The monoisotopic (exact) mass is 348 g/mol. The number of amides is 2. The smallest absolute Gasteiger partial charge is 0.336 e. The zero-order valence-corrected chi connectivity index (χ0v) is 13.6. The van der Waals surface area contributed by atoms with Gasteiger partial charge in [0.2, 0.25) is 5.91 Å². The lowest BCUT2D eigenvalue weighted by molar-refractivity contribution is -0.190. The summed E-state index contributed by atoms with van der Waals surface area (Å²) in [4.78, 5) is 37.9. The van der Waals surface area contributed by atoms with E-state index in [4.69, 9.17) is 9.47 Å². The minimum Gasteiger partial charge on any atom is -0.479 e. The zero-order chi connectivity index (χ0) is 17.8. The second kappa shape index (κ2) is 7.62. The number of nitrogens with zero attached hydrogens (tertiary/aromatic N) is 1. The predicted molar refractivity (Wildman–Crippen MR) is 85.6 cm³/mol. The maximum Gasteiger partial charge on any atom is 0.336 e. The molecule has 0 aromatic heterocycles. The van der Waals surface area contributed by atoms with Gasteiger partial charge in [-0.05, 0) is 5.56 Å². The van der Waals surface area contributed by atoms with Gasteiger partial charge < -0.3 is 24.8 Å². The summed E-state index contributed by atoms with van der Waals surface area (Å²) in [6.07, 6.45) is -2.45. The summed E-state index contributed by atoms with van der Waals surface area (Å²) in [5.74, 6) is -1.87. The molecule has 134 valence electrons. The van der Waals surface area contributed by atoms with Crippen LogP contribution in [0.25, 0.3) is 0 Å². The zero-order valence-electron chi connectivity index (χ0n) is 13.6. The molecule has 2 amide bonds. The number of ether oxygens (including phenoxy) is 2. The van der Waals surface area contributed by atoms with Crippen molar-refractivity contribution in [2.75, 3.05) is 26.3 Å². The standard InChI is InChI=1S/C17H20N2O6/c20-13-10-12(11-4-2-1-3-5-11)19(7-6-18-13)16(21)14-15(17(22)23)25-9-8-24-14/h1-5,12,14-15H,6-10H2,(H,18,20)(H,22,23)/t12?,14-,15+/m0/s1. The van der Waals surface area contributed by atoms with Crippen LogP contribution in [-0.4, -0.2) is 66.3 Å². The van der Waals surface area contributed by atoms with Crippen molar-refractivity contribution >= 4 is 17.8 Å². The average Bonchev–Trinajstić information content (AvgIpc) is 2.83. The van der Waals surface area contributed by atoms with Gasteiger partial charge in [0.1, 0.15) is 0 Å². The number of hydrogen-bond donors (Lipinski definition) is 2. The molecule has 3 rings (SSSR count). The summed E-state index contributed by atoms with van der Waals surface area (Å²) in [5.41, 5.74) is 0.816. The molecule has 0 bridgehead atoms. The van der Waals surface area contributed by atoms with E-state index in [1.165, 1.54) is 4.90 Å². The summed E-state index contributed by atoms with van der Waals surface area (Å²) < 4.78 is 10.6. The minimum atomic E-state index is -1.34. The Morgan fingerprint density at radius 3 is 2.48 bits per heavy atom. The van der Waals surface area contributed by atoms with Gasteiger partial charge in [-0.2, -0.15) is 0 Å². The van der Waals surface area contributed by atoms with Crippen LogP contribution >= 0.6 is 0 Å². The van der Waals surface area contributed by atoms with Gasteiger partial charge in [0.15, 0.2) is 12.2 Å². The highest BCUT2D eigenvalue weighted by Gasteiger charge is 2.43. The number of aliphatic carboxylic acids is 1. The summed E-state index contributed by atoms with van der Waals surface area (Å²) in [5, 5.41) is 12.0. The summed E-state index contributed by atoms with van der Waals surface area (Å²) in [6, 6.07) is 8.73. The Kier molecular flexibility index (Phi) is 5.30. The molecule has 8 heteroatoms. The molecule has 0 spiro atoms. The Morgan fingerprint density at radius 1 is 1.12 bits per heavy atom. The number of hydrogen-bond acceptors (Lipinski definition) is 5. The largest absolute Gasteiger partial charge is 0.479 e. The summed E-state index contributed by atoms with van der Waals surface area (Å²) in [6.45, 7) is 0.861. The van der Waals surface area contributed by atoms with Crippen LogP contribution in [0.1, 0.15) is 18.0 Å².